The molecule has 1 heterocycles. The van der Waals surface area contributed by atoms with Gasteiger partial charge in [-0.25, -0.2) is 4.79 Å². The van der Waals surface area contributed by atoms with Crippen LogP contribution in [0, 0.1) is 6.92 Å². The lowest BCUT2D eigenvalue weighted by atomic mass is 10.1. The van der Waals surface area contributed by atoms with Crippen molar-refractivity contribution < 1.29 is 14.3 Å². The molecule has 28 heavy (non-hydrogen) atoms. The average molecular weight is 391 g/mol. The van der Waals surface area contributed by atoms with E-state index < -0.39 is 5.97 Å². The van der Waals surface area contributed by atoms with E-state index in [2.05, 4.69) is 5.32 Å². The topological polar surface area (TPSA) is 55.4 Å². The van der Waals surface area contributed by atoms with Crippen LogP contribution in [-0.2, 0) is 9.53 Å². The molecule has 1 amide bonds. The lowest BCUT2D eigenvalue weighted by Crippen LogP contribution is -2.11. The second kappa shape index (κ2) is 9.15. The van der Waals surface area contributed by atoms with E-state index in [0.29, 0.717) is 10.6 Å². The van der Waals surface area contributed by atoms with Crippen molar-refractivity contribution in [1.82, 2.24) is 0 Å². The SMILES string of the molecule is CCOC(=O)c1cc(-c2ccccc2)sc1NC(=O)C=Cc1ccc(C)cc1. The Morgan fingerprint density at radius 2 is 1.79 bits per heavy atom. The number of benzene rings is 2. The minimum absolute atomic E-state index is 0.274. The van der Waals surface area contributed by atoms with Gasteiger partial charge in [0.05, 0.1) is 12.2 Å². The van der Waals surface area contributed by atoms with E-state index in [4.69, 9.17) is 4.74 Å². The predicted octanol–water partition coefficient (Wildman–Crippen LogP) is 5.55. The molecular formula is C23H21NO3S. The van der Waals surface area contributed by atoms with Crippen LogP contribution in [0.3, 0.4) is 0 Å². The van der Waals surface area contributed by atoms with Crippen LogP contribution in [-0.4, -0.2) is 18.5 Å². The van der Waals surface area contributed by atoms with Gasteiger partial charge in [0.25, 0.3) is 0 Å². The van der Waals surface area contributed by atoms with Gasteiger partial charge in [-0.15, -0.1) is 11.3 Å². The third kappa shape index (κ3) is 4.96. The molecule has 0 aliphatic carbocycles. The molecule has 1 N–H and O–H groups in total. The van der Waals surface area contributed by atoms with Gasteiger partial charge in [-0.1, -0.05) is 60.2 Å². The van der Waals surface area contributed by atoms with E-state index in [1.165, 1.54) is 17.4 Å². The largest absolute Gasteiger partial charge is 0.462 e. The van der Waals surface area contributed by atoms with Crippen molar-refractivity contribution in [2.75, 3.05) is 11.9 Å². The molecule has 0 bridgehead atoms. The van der Waals surface area contributed by atoms with Crippen molar-refractivity contribution >= 4 is 34.3 Å². The summed E-state index contributed by atoms with van der Waals surface area (Å²) < 4.78 is 5.14. The Bertz CT molecular complexity index is 988. The zero-order chi connectivity index (χ0) is 19.9. The van der Waals surface area contributed by atoms with Crippen LogP contribution in [0.4, 0.5) is 5.00 Å². The number of carbonyl (C=O) groups is 2. The lowest BCUT2D eigenvalue weighted by Gasteiger charge is -2.03. The molecular weight excluding hydrogens is 370 g/mol. The van der Waals surface area contributed by atoms with Gasteiger partial charge in [0.2, 0.25) is 5.91 Å². The number of thiophene rings is 1. The lowest BCUT2D eigenvalue weighted by molar-refractivity contribution is -0.111. The Balaban J connectivity index is 1.82. The quantitative estimate of drug-likeness (QED) is 0.443. The number of carbonyl (C=O) groups excluding carboxylic acids is 2. The summed E-state index contributed by atoms with van der Waals surface area (Å²) >= 11 is 1.35. The first kappa shape index (κ1) is 19.6. The molecule has 2 aromatic carbocycles. The van der Waals surface area contributed by atoms with Crippen molar-refractivity contribution in [3.8, 4) is 10.4 Å². The number of esters is 1. The van der Waals surface area contributed by atoms with Gasteiger partial charge in [0.15, 0.2) is 0 Å². The molecule has 0 aliphatic rings. The van der Waals surface area contributed by atoms with E-state index in [9.17, 15) is 9.59 Å². The molecule has 4 nitrogen and oxygen atoms in total. The fourth-order valence-corrected chi connectivity index (χ4v) is 3.65. The Labute approximate surface area is 168 Å². The maximum atomic E-state index is 12.4. The van der Waals surface area contributed by atoms with Crippen molar-refractivity contribution in [2.45, 2.75) is 13.8 Å². The maximum absolute atomic E-state index is 12.4. The van der Waals surface area contributed by atoms with E-state index in [0.717, 1.165) is 21.6 Å². The summed E-state index contributed by atoms with van der Waals surface area (Å²) in [6.45, 7) is 4.04. The molecule has 0 saturated heterocycles. The van der Waals surface area contributed by atoms with Crippen LogP contribution in [0.2, 0.25) is 0 Å². The second-order valence-corrected chi connectivity index (χ2v) is 7.23. The third-order valence-electron chi connectivity index (χ3n) is 4.03. The minimum Gasteiger partial charge on any atom is -0.462 e. The fourth-order valence-electron chi connectivity index (χ4n) is 2.59. The summed E-state index contributed by atoms with van der Waals surface area (Å²) in [5.41, 5.74) is 3.44. The highest BCUT2D eigenvalue weighted by molar-refractivity contribution is 7.20. The van der Waals surface area contributed by atoms with Crippen molar-refractivity contribution in [1.29, 1.82) is 0 Å². The molecule has 0 spiro atoms. The first-order chi connectivity index (χ1) is 13.6. The van der Waals surface area contributed by atoms with Gasteiger partial charge in [0, 0.05) is 11.0 Å². The Morgan fingerprint density at radius 1 is 1.07 bits per heavy atom. The Hall–Kier alpha value is -3.18. The molecule has 0 atom stereocenters. The average Bonchev–Trinajstić information content (AvgIpc) is 3.12. The third-order valence-corrected chi connectivity index (χ3v) is 5.13. The van der Waals surface area contributed by atoms with Crippen LogP contribution in [0.15, 0.2) is 66.7 Å². The zero-order valence-corrected chi connectivity index (χ0v) is 16.6. The highest BCUT2D eigenvalue weighted by atomic mass is 32.1. The highest BCUT2D eigenvalue weighted by Crippen LogP contribution is 2.36. The van der Waals surface area contributed by atoms with Crippen molar-refractivity contribution in [2.24, 2.45) is 0 Å². The summed E-state index contributed by atoms with van der Waals surface area (Å²) in [7, 11) is 0. The van der Waals surface area contributed by atoms with Crippen LogP contribution < -0.4 is 5.32 Å². The minimum atomic E-state index is -0.446. The molecule has 3 aromatic rings. The van der Waals surface area contributed by atoms with Gasteiger partial charge >= 0.3 is 5.97 Å². The van der Waals surface area contributed by atoms with Crippen LogP contribution >= 0.6 is 11.3 Å². The smallest absolute Gasteiger partial charge is 0.341 e. The number of hydrogen-bond acceptors (Lipinski definition) is 4. The molecule has 3 rings (SSSR count). The second-order valence-electron chi connectivity index (χ2n) is 6.17. The summed E-state index contributed by atoms with van der Waals surface area (Å²) in [6, 6.07) is 19.4. The van der Waals surface area contributed by atoms with Gasteiger partial charge in [-0.2, -0.15) is 0 Å². The van der Waals surface area contributed by atoms with Gasteiger partial charge < -0.3 is 10.1 Å². The Kier molecular flexibility index (Phi) is 6.40. The number of rotatable bonds is 6. The zero-order valence-electron chi connectivity index (χ0n) is 15.8. The van der Waals surface area contributed by atoms with E-state index in [-0.39, 0.29) is 12.5 Å². The summed E-state index contributed by atoms with van der Waals surface area (Å²) in [6.07, 6.45) is 3.20. The molecule has 5 heteroatoms. The molecule has 0 unspecified atom stereocenters. The molecule has 0 saturated carbocycles. The molecule has 0 fully saturated rings. The fraction of sp³-hybridized carbons (Fsp3) is 0.130. The number of hydrogen-bond donors (Lipinski definition) is 1. The van der Waals surface area contributed by atoms with Gasteiger partial charge in [0.1, 0.15) is 5.00 Å². The van der Waals surface area contributed by atoms with Crippen molar-refractivity contribution in [3.05, 3.63) is 83.4 Å². The van der Waals surface area contributed by atoms with E-state index in [1.54, 1.807) is 19.1 Å². The van der Waals surface area contributed by atoms with Gasteiger partial charge in [-0.05, 0) is 37.1 Å². The maximum Gasteiger partial charge on any atom is 0.341 e. The summed E-state index contributed by atoms with van der Waals surface area (Å²) in [5, 5.41) is 3.30. The molecule has 0 aliphatic heterocycles. The molecule has 0 radical (unpaired) electrons. The predicted molar refractivity (Wildman–Crippen MR) is 115 cm³/mol. The number of nitrogens with one attached hydrogen (secondary N) is 1. The summed E-state index contributed by atoms with van der Waals surface area (Å²) in [5.74, 6) is -0.744. The van der Waals surface area contributed by atoms with Crippen LogP contribution in [0.5, 0.6) is 0 Å². The van der Waals surface area contributed by atoms with E-state index >= 15 is 0 Å². The highest BCUT2D eigenvalue weighted by Gasteiger charge is 2.19. The number of ether oxygens (including phenoxy) is 1. The van der Waals surface area contributed by atoms with Crippen molar-refractivity contribution in [3.63, 3.8) is 0 Å². The number of anilines is 1. The normalized spacial score (nSPS) is 10.8. The first-order valence-electron chi connectivity index (χ1n) is 8.99. The van der Waals surface area contributed by atoms with Crippen LogP contribution in [0.1, 0.15) is 28.4 Å². The monoisotopic (exact) mass is 391 g/mol. The molecule has 142 valence electrons. The standard InChI is InChI=1S/C23H21NO3S/c1-3-27-23(26)19-15-20(18-7-5-4-6-8-18)28-22(19)24-21(25)14-13-17-11-9-16(2)10-12-17/h4-15H,3H2,1-2H3,(H,24,25). The van der Waals surface area contributed by atoms with Gasteiger partial charge in [-0.3, -0.25) is 4.79 Å². The Morgan fingerprint density at radius 3 is 2.46 bits per heavy atom. The number of aryl methyl sites for hydroxylation is 1. The first-order valence-corrected chi connectivity index (χ1v) is 9.80. The summed E-state index contributed by atoms with van der Waals surface area (Å²) in [4.78, 5) is 25.6. The number of amides is 1. The van der Waals surface area contributed by atoms with E-state index in [1.807, 2.05) is 61.5 Å². The van der Waals surface area contributed by atoms with Crippen LogP contribution in [0.25, 0.3) is 16.5 Å². The molecule has 1 aromatic heterocycles.